The second-order valence-electron chi connectivity index (χ2n) is 6.73. The van der Waals surface area contributed by atoms with Crippen LogP contribution in [0.2, 0.25) is 0 Å². The summed E-state index contributed by atoms with van der Waals surface area (Å²) >= 11 is 0. The van der Waals surface area contributed by atoms with Gasteiger partial charge < -0.3 is 20.5 Å². The van der Waals surface area contributed by atoms with Crippen LogP contribution >= 0.6 is 0 Å². The fraction of sp³-hybridized carbons (Fsp3) is 0.556. The lowest BCUT2D eigenvalue weighted by molar-refractivity contribution is -0.123. The van der Waals surface area contributed by atoms with Crippen molar-refractivity contribution in [1.29, 1.82) is 0 Å². The highest BCUT2D eigenvalue weighted by Crippen LogP contribution is 2.28. The average Bonchev–Trinajstić information content (AvgIpc) is 3.03. The Hall–Kier alpha value is -2.12. The minimum absolute atomic E-state index is 0.0381. The van der Waals surface area contributed by atoms with E-state index in [0.29, 0.717) is 37.4 Å². The van der Waals surface area contributed by atoms with Crippen molar-refractivity contribution in [3.8, 4) is 5.75 Å². The van der Waals surface area contributed by atoms with E-state index in [-0.39, 0.29) is 17.9 Å². The highest BCUT2D eigenvalue weighted by atomic mass is 16.5. The van der Waals surface area contributed by atoms with Gasteiger partial charge in [0.15, 0.2) is 0 Å². The van der Waals surface area contributed by atoms with Crippen LogP contribution in [0.3, 0.4) is 0 Å². The largest absolute Gasteiger partial charge is 0.496 e. The predicted molar refractivity (Wildman–Crippen MR) is 92.2 cm³/mol. The van der Waals surface area contributed by atoms with Gasteiger partial charge in [-0.1, -0.05) is 12.1 Å². The van der Waals surface area contributed by atoms with Crippen molar-refractivity contribution in [2.45, 2.75) is 37.5 Å². The number of benzene rings is 1. The van der Waals surface area contributed by atoms with Crippen LogP contribution in [-0.2, 0) is 4.79 Å². The average molecular weight is 347 g/mol. The van der Waals surface area contributed by atoms with E-state index in [1.54, 1.807) is 19.2 Å². The van der Waals surface area contributed by atoms with Crippen molar-refractivity contribution in [1.82, 2.24) is 9.80 Å². The van der Waals surface area contributed by atoms with E-state index < -0.39 is 12.1 Å². The fourth-order valence-corrected chi connectivity index (χ4v) is 3.91. The van der Waals surface area contributed by atoms with Gasteiger partial charge in [-0.2, -0.15) is 0 Å². The van der Waals surface area contributed by atoms with E-state index in [0.717, 1.165) is 12.8 Å². The molecule has 7 nitrogen and oxygen atoms in total. The summed E-state index contributed by atoms with van der Waals surface area (Å²) in [7, 11) is 1.56. The second-order valence-corrected chi connectivity index (χ2v) is 6.73. The Morgan fingerprint density at radius 3 is 2.56 bits per heavy atom. The molecule has 2 fully saturated rings. The number of methoxy groups -OCH3 is 1. The van der Waals surface area contributed by atoms with Crippen LogP contribution in [-0.4, -0.2) is 71.7 Å². The number of primary amides is 1. The van der Waals surface area contributed by atoms with Crippen LogP contribution in [0.5, 0.6) is 5.75 Å². The standard InChI is InChI=1S/C18H25N3O4/c1-25-16-5-3-2-4-14(16)18(24)20-8-6-12(7-9-20)21-11-13(22)10-15(21)17(19)23/h2-5,12-13,15,22H,6-11H2,1H3,(H2,19,23)/t13-,15+/m1/s1. The van der Waals surface area contributed by atoms with E-state index in [4.69, 9.17) is 10.5 Å². The number of para-hydroxylation sites is 1. The molecule has 2 amide bonds. The van der Waals surface area contributed by atoms with Gasteiger partial charge in [0.25, 0.3) is 5.91 Å². The summed E-state index contributed by atoms with van der Waals surface area (Å²) in [6.07, 6.45) is 1.41. The third-order valence-corrected chi connectivity index (χ3v) is 5.20. The number of β-amino-alcohol motifs (C(OH)–C–C–N with tert-alkyl or cyclic N) is 1. The number of hydrogen-bond acceptors (Lipinski definition) is 5. The molecule has 7 heteroatoms. The van der Waals surface area contributed by atoms with Crippen molar-refractivity contribution in [2.24, 2.45) is 5.73 Å². The molecule has 0 radical (unpaired) electrons. The molecule has 3 N–H and O–H groups in total. The lowest BCUT2D eigenvalue weighted by Crippen LogP contribution is -2.51. The Labute approximate surface area is 147 Å². The molecule has 2 atom stereocenters. The first-order valence-electron chi connectivity index (χ1n) is 8.66. The zero-order valence-electron chi connectivity index (χ0n) is 14.4. The number of likely N-dealkylation sites (tertiary alicyclic amines) is 2. The van der Waals surface area contributed by atoms with Gasteiger partial charge in [0.2, 0.25) is 5.91 Å². The number of ether oxygens (including phenoxy) is 1. The molecule has 1 aromatic rings. The lowest BCUT2D eigenvalue weighted by atomic mass is 10.0. The zero-order chi connectivity index (χ0) is 18.0. The normalized spacial score (nSPS) is 25.1. The molecule has 0 unspecified atom stereocenters. The number of carbonyl (C=O) groups excluding carboxylic acids is 2. The van der Waals surface area contributed by atoms with Gasteiger partial charge in [-0.05, 0) is 31.4 Å². The van der Waals surface area contributed by atoms with Gasteiger partial charge in [-0.15, -0.1) is 0 Å². The molecule has 136 valence electrons. The molecule has 3 rings (SSSR count). The minimum atomic E-state index is -0.509. The van der Waals surface area contributed by atoms with E-state index in [1.165, 1.54) is 0 Å². The zero-order valence-corrected chi connectivity index (χ0v) is 14.4. The number of nitrogens with two attached hydrogens (primary N) is 1. The Bertz CT molecular complexity index is 643. The van der Waals surface area contributed by atoms with Crippen molar-refractivity contribution >= 4 is 11.8 Å². The predicted octanol–water partition coefficient (Wildman–Crippen LogP) is 0.220. The molecule has 0 saturated carbocycles. The second kappa shape index (κ2) is 7.41. The summed E-state index contributed by atoms with van der Waals surface area (Å²) in [5, 5.41) is 9.87. The van der Waals surface area contributed by atoms with Gasteiger partial charge in [0.05, 0.1) is 24.8 Å². The number of rotatable bonds is 4. The Morgan fingerprint density at radius 2 is 1.92 bits per heavy atom. The number of nitrogens with zero attached hydrogens (tertiary/aromatic N) is 2. The Balaban J connectivity index is 1.64. The summed E-state index contributed by atoms with van der Waals surface area (Å²) in [6.45, 7) is 1.69. The van der Waals surface area contributed by atoms with Crippen LogP contribution in [0.25, 0.3) is 0 Å². The van der Waals surface area contributed by atoms with Crippen LogP contribution < -0.4 is 10.5 Å². The Kier molecular flexibility index (Phi) is 5.24. The fourth-order valence-electron chi connectivity index (χ4n) is 3.91. The van der Waals surface area contributed by atoms with Gasteiger partial charge in [0.1, 0.15) is 5.75 Å². The summed E-state index contributed by atoms with van der Waals surface area (Å²) < 4.78 is 5.28. The molecule has 2 aliphatic rings. The molecule has 1 aromatic carbocycles. The van der Waals surface area contributed by atoms with Crippen LogP contribution in [0.1, 0.15) is 29.6 Å². The minimum Gasteiger partial charge on any atom is -0.496 e. The van der Waals surface area contributed by atoms with Gasteiger partial charge in [0, 0.05) is 25.7 Å². The number of aliphatic hydroxyl groups is 1. The monoisotopic (exact) mass is 347 g/mol. The number of hydrogen-bond donors (Lipinski definition) is 2. The third kappa shape index (κ3) is 3.62. The number of piperidine rings is 1. The van der Waals surface area contributed by atoms with Crippen molar-refractivity contribution in [3.63, 3.8) is 0 Å². The maximum Gasteiger partial charge on any atom is 0.257 e. The first-order valence-corrected chi connectivity index (χ1v) is 8.66. The molecular formula is C18H25N3O4. The lowest BCUT2D eigenvalue weighted by Gasteiger charge is -2.38. The molecule has 2 aliphatic heterocycles. The maximum absolute atomic E-state index is 12.8. The highest BCUT2D eigenvalue weighted by molar-refractivity contribution is 5.97. The third-order valence-electron chi connectivity index (χ3n) is 5.20. The maximum atomic E-state index is 12.8. The van der Waals surface area contributed by atoms with Crippen molar-refractivity contribution in [3.05, 3.63) is 29.8 Å². The molecule has 0 aromatic heterocycles. The molecular weight excluding hydrogens is 322 g/mol. The highest BCUT2D eigenvalue weighted by Gasteiger charge is 2.40. The van der Waals surface area contributed by atoms with Crippen LogP contribution in [0.4, 0.5) is 0 Å². The van der Waals surface area contributed by atoms with E-state index >= 15 is 0 Å². The molecule has 25 heavy (non-hydrogen) atoms. The van der Waals surface area contributed by atoms with Gasteiger partial charge in [-0.3, -0.25) is 14.5 Å². The summed E-state index contributed by atoms with van der Waals surface area (Å²) in [6, 6.07) is 6.97. The van der Waals surface area contributed by atoms with E-state index in [9.17, 15) is 14.7 Å². The molecule has 2 heterocycles. The Morgan fingerprint density at radius 1 is 1.24 bits per heavy atom. The molecule has 0 spiro atoms. The van der Waals surface area contributed by atoms with Crippen molar-refractivity contribution < 1.29 is 19.4 Å². The topological polar surface area (TPSA) is 96.1 Å². The van der Waals surface area contributed by atoms with E-state index in [2.05, 4.69) is 0 Å². The summed E-state index contributed by atoms with van der Waals surface area (Å²) in [5.41, 5.74) is 6.04. The van der Waals surface area contributed by atoms with E-state index in [1.807, 2.05) is 21.9 Å². The first-order chi connectivity index (χ1) is 12.0. The number of amides is 2. The van der Waals surface area contributed by atoms with Crippen LogP contribution in [0.15, 0.2) is 24.3 Å². The van der Waals surface area contributed by atoms with Crippen LogP contribution in [0, 0.1) is 0 Å². The summed E-state index contributed by atoms with van der Waals surface area (Å²) in [4.78, 5) is 28.2. The smallest absolute Gasteiger partial charge is 0.257 e. The molecule has 2 saturated heterocycles. The SMILES string of the molecule is COc1ccccc1C(=O)N1CCC(N2C[C@H](O)C[C@H]2C(N)=O)CC1. The molecule has 0 bridgehead atoms. The number of carbonyl (C=O) groups is 2. The van der Waals surface area contributed by atoms with Crippen molar-refractivity contribution in [2.75, 3.05) is 26.7 Å². The van der Waals surface area contributed by atoms with Gasteiger partial charge >= 0.3 is 0 Å². The number of aliphatic hydroxyl groups excluding tert-OH is 1. The quantitative estimate of drug-likeness (QED) is 0.812. The first kappa shape index (κ1) is 17.7. The van der Waals surface area contributed by atoms with Gasteiger partial charge in [-0.25, -0.2) is 0 Å². The molecule has 0 aliphatic carbocycles. The summed E-state index contributed by atoms with van der Waals surface area (Å²) in [5.74, 6) is 0.152.